The largest absolute Gasteiger partial charge is 0.497 e. The van der Waals surface area contributed by atoms with Crippen molar-refractivity contribution in [3.63, 3.8) is 0 Å². The second-order valence-corrected chi connectivity index (χ2v) is 4.47. The Morgan fingerprint density at radius 2 is 2.06 bits per heavy atom. The number of ether oxygens (including phenoxy) is 3. The molecule has 1 fully saturated rings. The van der Waals surface area contributed by atoms with E-state index in [0.717, 1.165) is 43.2 Å². The Bertz CT molecular complexity index is 413. The molecule has 1 saturated heterocycles. The van der Waals surface area contributed by atoms with Crippen LogP contribution in [0.4, 0.5) is 0 Å². The highest BCUT2D eigenvalue weighted by atomic mass is 16.7. The minimum absolute atomic E-state index is 0.320. The van der Waals surface area contributed by atoms with Crippen LogP contribution < -0.4 is 19.5 Å². The summed E-state index contributed by atoms with van der Waals surface area (Å²) in [4.78, 5) is 0. The number of benzene rings is 1. The van der Waals surface area contributed by atoms with E-state index in [0.29, 0.717) is 12.7 Å². The molecule has 0 amide bonds. The van der Waals surface area contributed by atoms with E-state index >= 15 is 0 Å². The van der Waals surface area contributed by atoms with Gasteiger partial charge >= 0.3 is 0 Å². The predicted molar refractivity (Wildman–Crippen MR) is 64.0 cm³/mol. The standard InChI is InChI=1S/C13H17NO3/c1-15-10-6-11(9-2-4-14-5-3-9)13-12(7-10)16-8-17-13/h6-7,9,14H,2-5,8H2,1H3. The molecule has 0 unspecified atom stereocenters. The molecule has 2 aliphatic heterocycles. The summed E-state index contributed by atoms with van der Waals surface area (Å²) >= 11 is 0. The van der Waals surface area contributed by atoms with E-state index in [4.69, 9.17) is 14.2 Å². The van der Waals surface area contributed by atoms with Crippen molar-refractivity contribution in [3.8, 4) is 17.2 Å². The third kappa shape index (κ3) is 1.93. The lowest BCUT2D eigenvalue weighted by Crippen LogP contribution is -2.26. The molecular weight excluding hydrogens is 218 g/mol. The molecule has 4 nitrogen and oxygen atoms in total. The first-order valence-electron chi connectivity index (χ1n) is 6.06. The van der Waals surface area contributed by atoms with Crippen LogP contribution in [0, 0.1) is 0 Å². The van der Waals surface area contributed by atoms with Crippen LogP contribution >= 0.6 is 0 Å². The topological polar surface area (TPSA) is 39.7 Å². The van der Waals surface area contributed by atoms with Gasteiger partial charge in [-0.15, -0.1) is 0 Å². The summed E-state index contributed by atoms with van der Waals surface area (Å²) in [7, 11) is 1.68. The van der Waals surface area contributed by atoms with Crippen LogP contribution in [0.3, 0.4) is 0 Å². The molecule has 92 valence electrons. The lowest BCUT2D eigenvalue weighted by molar-refractivity contribution is 0.172. The average Bonchev–Trinajstić information content (AvgIpc) is 2.86. The monoisotopic (exact) mass is 235 g/mol. The van der Waals surface area contributed by atoms with E-state index in [1.54, 1.807) is 7.11 Å². The Morgan fingerprint density at radius 3 is 2.82 bits per heavy atom. The minimum atomic E-state index is 0.320. The summed E-state index contributed by atoms with van der Waals surface area (Å²) in [6.07, 6.45) is 2.28. The smallest absolute Gasteiger partial charge is 0.231 e. The van der Waals surface area contributed by atoms with Crippen LogP contribution in [-0.4, -0.2) is 27.0 Å². The number of hydrogen-bond donors (Lipinski definition) is 1. The number of fused-ring (bicyclic) bond motifs is 1. The van der Waals surface area contributed by atoms with Crippen molar-refractivity contribution in [1.82, 2.24) is 5.32 Å². The predicted octanol–water partition coefficient (Wildman–Crippen LogP) is 1.89. The number of hydrogen-bond acceptors (Lipinski definition) is 4. The second kappa shape index (κ2) is 4.45. The van der Waals surface area contributed by atoms with Gasteiger partial charge in [-0.25, -0.2) is 0 Å². The van der Waals surface area contributed by atoms with E-state index < -0.39 is 0 Å². The highest BCUT2D eigenvalue weighted by molar-refractivity contribution is 5.54. The van der Waals surface area contributed by atoms with Crippen LogP contribution in [0.2, 0.25) is 0 Å². The van der Waals surface area contributed by atoms with E-state index in [9.17, 15) is 0 Å². The Labute approximate surface area is 101 Å². The summed E-state index contributed by atoms with van der Waals surface area (Å²) in [5, 5.41) is 3.38. The van der Waals surface area contributed by atoms with Gasteiger partial charge in [0.1, 0.15) is 5.75 Å². The zero-order chi connectivity index (χ0) is 11.7. The fourth-order valence-corrected chi connectivity index (χ4v) is 2.57. The number of piperidine rings is 1. The molecule has 2 heterocycles. The van der Waals surface area contributed by atoms with Crippen molar-refractivity contribution < 1.29 is 14.2 Å². The van der Waals surface area contributed by atoms with Crippen molar-refractivity contribution >= 4 is 0 Å². The maximum absolute atomic E-state index is 5.58. The quantitative estimate of drug-likeness (QED) is 0.849. The van der Waals surface area contributed by atoms with Crippen molar-refractivity contribution in [3.05, 3.63) is 17.7 Å². The van der Waals surface area contributed by atoms with Crippen molar-refractivity contribution in [2.45, 2.75) is 18.8 Å². The van der Waals surface area contributed by atoms with Crippen LogP contribution in [0.1, 0.15) is 24.3 Å². The molecule has 17 heavy (non-hydrogen) atoms. The van der Waals surface area contributed by atoms with Crippen LogP contribution in [-0.2, 0) is 0 Å². The highest BCUT2D eigenvalue weighted by Crippen LogP contribution is 2.44. The van der Waals surface area contributed by atoms with Crippen LogP contribution in [0.25, 0.3) is 0 Å². The maximum atomic E-state index is 5.58. The Hall–Kier alpha value is -1.42. The second-order valence-electron chi connectivity index (χ2n) is 4.47. The first-order chi connectivity index (χ1) is 8.38. The lowest BCUT2D eigenvalue weighted by atomic mass is 9.89. The SMILES string of the molecule is COc1cc2c(c(C3CCNCC3)c1)OCO2. The molecule has 2 aliphatic rings. The Kier molecular flexibility index (Phi) is 2.81. The van der Waals surface area contributed by atoms with Gasteiger partial charge < -0.3 is 19.5 Å². The minimum Gasteiger partial charge on any atom is -0.497 e. The molecule has 0 saturated carbocycles. The van der Waals surface area contributed by atoms with Gasteiger partial charge in [0.25, 0.3) is 0 Å². The van der Waals surface area contributed by atoms with Gasteiger partial charge in [-0.05, 0) is 37.9 Å². The van der Waals surface area contributed by atoms with Crippen molar-refractivity contribution in [2.75, 3.05) is 27.0 Å². The molecule has 0 radical (unpaired) electrons. The zero-order valence-corrected chi connectivity index (χ0v) is 9.99. The van der Waals surface area contributed by atoms with Gasteiger partial charge in [-0.1, -0.05) is 0 Å². The first-order valence-corrected chi connectivity index (χ1v) is 6.06. The third-order valence-corrected chi connectivity index (χ3v) is 3.49. The molecule has 0 bridgehead atoms. The summed E-state index contributed by atoms with van der Waals surface area (Å²) < 4.78 is 16.4. The number of nitrogens with one attached hydrogen (secondary N) is 1. The highest BCUT2D eigenvalue weighted by Gasteiger charge is 2.26. The molecule has 0 spiro atoms. The molecule has 0 aromatic heterocycles. The summed E-state index contributed by atoms with van der Waals surface area (Å²) in [6.45, 7) is 2.45. The summed E-state index contributed by atoms with van der Waals surface area (Å²) in [5.74, 6) is 3.13. The van der Waals surface area contributed by atoms with Gasteiger partial charge in [0.15, 0.2) is 11.5 Å². The zero-order valence-electron chi connectivity index (χ0n) is 9.99. The van der Waals surface area contributed by atoms with Gasteiger partial charge in [-0.2, -0.15) is 0 Å². The van der Waals surface area contributed by atoms with Crippen molar-refractivity contribution in [1.29, 1.82) is 0 Å². The van der Waals surface area contributed by atoms with E-state index in [1.165, 1.54) is 5.56 Å². The van der Waals surface area contributed by atoms with E-state index in [-0.39, 0.29) is 0 Å². The van der Waals surface area contributed by atoms with Gasteiger partial charge in [0.2, 0.25) is 6.79 Å². The number of rotatable bonds is 2. The number of methoxy groups -OCH3 is 1. The van der Waals surface area contributed by atoms with Gasteiger partial charge in [0, 0.05) is 11.6 Å². The van der Waals surface area contributed by atoms with Crippen molar-refractivity contribution in [2.24, 2.45) is 0 Å². The Balaban J connectivity index is 1.98. The van der Waals surface area contributed by atoms with Crippen LogP contribution in [0.15, 0.2) is 12.1 Å². The summed E-state index contributed by atoms with van der Waals surface area (Å²) in [6, 6.07) is 3.98. The van der Waals surface area contributed by atoms with Gasteiger partial charge in [-0.3, -0.25) is 0 Å². The molecule has 0 aliphatic carbocycles. The van der Waals surface area contributed by atoms with Crippen LogP contribution in [0.5, 0.6) is 17.2 Å². The molecule has 3 rings (SSSR count). The van der Waals surface area contributed by atoms with E-state index in [1.807, 2.05) is 6.07 Å². The normalized spacial score (nSPS) is 19.4. The van der Waals surface area contributed by atoms with Gasteiger partial charge in [0.05, 0.1) is 7.11 Å². The fourth-order valence-electron chi connectivity index (χ4n) is 2.57. The Morgan fingerprint density at radius 1 is 1.24 bits per heavy atom. The fraction of sp³-hybridized carbons (Fsp3) is 0.538. The molecular formula is C13H17NO3. The molecule has 1 N–H and O–H groups in total. The molecule has 4 heteroatoms. The lowest BCUT2D eigenvalue weighted by Gasteiger charge is -2.24. The van der Waals surface area contributed by atoms with E-state index in [2.05, 4.69) is 11.4 Å². The maximum Gasteiger partial charge on any atom is 0.231 e. The first kappa shape index (κ1) is 10.7. The average molecular weight is 235 g/mol. The molecule has 1 aromatic carbocycles. The molecule has 0 atom stereocenters. The molecule has 1 aromatic rings. The summed E-state index contributed by atoms with van der Waals surface area (Å²) in [5.41, 5.74) is 1.23. The third-order valence-electron chi connectivity index (χ3n) is 3.49.